The zero-order chi connectivity index (χ0) is 14.6. The summed E-state index contributed by atoms with van der Waals surface area (Å²) >= 11 is 0. The SMILES string of the molecule is CCCCOCCOOC(=O)c1ccc(CCC)cc1. The molecule has 112 valence electrons. The lowest BCUT2D eigenvalue weighted by Crippen LogP contribution is -2.10. The number of unbranched alkanes of at least 4 members (excludes halogenated alkanes) is 1. The second kappa shape index (κ2) is 10.4. The lowest BCUT2D eigenvalue weighted by atomic mass is 10.1. The number of carbonyl (C=O) groups is 1. The van der Waals surface area contributed by atoms with Crippen molar-refractivity contribution in [1.29, 1.82) is 0 Å². The number of ether oxygens (including phenoxy) is 1. The molecule has 0 aromatic heterocycles. The molecule has 1 rings (SSSR count). The van der Waals surface area contributed by atoms with E-state index in [0.29, 0.717) is 18.8 Å². The number of hydrogen-bond donors (Lipinski definition) is 0. The molecular weight excluding hydrogens is 256 g/mol. The van der Waals surface area contributed by atoms with E-state index in [1.807, 2.05) is 12.1 Å². The molecule has 0 spiro atoms. The largest absolute Gasteiger partial charge is 0.379 e. The van der Waals surface area contributed by atoms with Gasteiger partial charge in [0, 0.05) is 6.61 Å². The summed E-state index contributed by atoms with van der Waals surface area (Å²) in [5, 5.41) is 0. The molecule has 4 heteroatoms. The van der Waals surface area contributed by atoms with Gasteiger partial charge in [0.05, 0.1) is 12.2 Å². The van der Waals surface area contributed by atoms with E-state index in [2.05, 4.69) is 13.8 Å². The summed E-state index contributed by atoms with van der Waals surface area (Å²) in [5.41, 5.74) is 1.71. The number of hydrogen-bond acceptors (Lipinski definition) is 4. The van der Waals surface area contributed by atoms with E-state index in [1.54, 1.807) is 12.1 Å². The zero-order valence-corrected chi connectivity index (χ0v) is 12.4. The molecule has 0 aliphatic heterocycles. The minimum Gasteiger partial charge on any atom is -0.379 e. The molecule has 0 saturated heterocycles. The van der Waals surface area contributed by atoms with E-state index in [9.17, 15) is 4.79 Å². The van der Waals surface area contributed by atoms with Gasteiger partial charge in [0.15, 0.2) is 0 Å². The Labute approximate surface area is 121 Å². The third-order valence-corrected chi connectivity index (χ3v) is 2.82. The number of carbonyl (C=O) groups excluding carboxylic acids is 1. The Morgan fingerprint density at radius 3 is 2.40 bits per heavy atom. The maximum Gasteiger partial charge on any atom is 0.373 e. The summed E-state index contributed by atoms with van der Waals surface area (Å²) < 4.78 is 5.29. The van der Waals surface area contributed by atoms with Crippen LogP contribution in [0.2, 0.25) is 0 Å². The van der Waals surface area contributed by atoms with E-state index in [1.165, 1.54) is 5.56 Å². The molecule has 0 heterocycles. The Morgan fingerprint density at radius 1 is 1.00 bits per heavy atom. The molecule has 0 bridgehead atoms. The molecule has 0 fully saturated rings. The minimum absolute atomic E-state index is 0.253. The predicted octanol–water partition coefficient (Wildman–Crippen LogP) is 3.54. The third kappa shape index (κ3) is 6.68. The number of rotatable bonds is 10. The van der Waals surface area contributed by atoms with Crippen LogP contribution in [0.5, 0.6) is 0 Å². The standard InChI is InChI=1S/C16H24O4/c1-3-5-11-18-12-13-19-20-16(17)15-9-7-14(6-4-2)8-10-15/h7-10H,3-6,11-13H2,1-2H3. The van der Waals surface area contributed by atoms with Crippen molar-refractivity contribution in [1.82, 2.24) is 0 Å². The van der Waals surface area contributed by atoms with Crippen LogP contribution in [0.15, 0.2) is 24.3 Å². The van der Waals surface area contributed by atoms with Crippen molar-refractivity contribution in [3.8, 4) is 0 Å². The molecule has 20 heavy (non-hydrogen) atoms. The van der Waals surface area contributed by atoms with Gasteiger partial charge >= 0.3 is 5.97 Å². The highest BCUT2D eigenvalue weighted by Crippen LogP contribution is 2.08. The molecule has 0 unspecified atom stereocenters. The monoisotopic (exact) mass is 280 g/mol. The zero-order valence-electron chi connectivity index (χ0n) is 12.4. The first-order chi connectivity index (χ1) is 9.77. The van der Waals surface area contributed by atoms with E-state index in [4.69, 9.17) is 14.5 Å². The molecule has 1 aromatic rings. The molecule has 1 aromatic carbocycles. The van der Waals surface area contributed by atoms with Gasteiger partial charge in [-0.2, -0.15) is 4.89 Å². The van der Waals surface area contributed by atoms with Crippen LogP contribution in [0.25, 0.3) is 0 Å². The van der Waals surface area contributed by atoms with Crippen LogP contribution < -0.4 is 0 Å². The Bertz CT molecular complexity index is 373. The molecule has 0 N–H and O–H groups in total. The van der Waals surface area contributed by atoms with Crippen LogP contribution in [-0.2, 0) is 20.9 Å². The van der Waals surface area contributed by atoms with Crippen LogP contribution >= 0.6 is 0 Å². The molecule has 0 aliphatic carbocycles. The van der Waals surface area contributed by atoms with Gasteiger partial charge in [0.1, 0.15) is 6.61 Å². The molecule has 0 saturated carbocycles. The van der Waals surface area contributed by atoms with Gasteiger partial charge < -0.3 is 4.74 Å². The normalized spacial score (nSPS) is 10.5. The van der Waals surface area contributed by atoms with Gasteiger partial charge in [-0.1, -0.05) is 38.8 Å². The fourth-order valence-corrected chi connectivity index (χ4v) is 1.68. The van der Waals surface area contributed by atoms with Crippen LogP contribution in [0.4, 0.5) is 0 Å². The van der Waals surface area contributed by atoms with Crippen molar-refractivity contribution in [3.05, 3.63) is 35.4 Å². The van der Waals surface area contributed by atoms with Gasteiger partial charge in [-0.15, -0.1) is 0 Å². The van der Waals surface area contributed by atoms with Gasteiger partial charge in [0.25, 0.3) is 0 Å². The lowest BCUT2D eigenvalue weighted by Gasteiger charge is -2.05. The third-order valence-electron chi connectivity index (χ3n) is 2.82. The van der Waals surface area contributed by atoms with E-state index >= 15 is 0 Å². The van der Waals surface area contributed by atoms with Crippen LogP contribution in [-0.4, -0.2) is 25.8 Å². The second-order valence-corrected chi connectivity index (χ2v) is 4.61. The Morgan fingerprint density at radius 2 is 1.75 bits per heavy atom. The highest BCUT2D eigenvalue weighted by atomic mass is 17.2. The molecule has 0 amide bonds. The minimum atomic E-state index is -0.471. The molecule has 0 atom stereocenters. The van der Waals surface area contributed by atoms with Crippen LogP contribution in [0, 0.1) is 0 Å². The maximum atomic E-state index is 11.7. The lowest BCUT2D eigenvalue weighted by molar-refractivity contribution is -0.247. The summed E-state index contributed by atoms with van der Waals surface area (Å²) in [5.74, 6) is -0.471. The Hall–Kier alpha value is -1.39. The fraction of sp³-hybridized carbons (Fsp3) is 0.562. The Balaban J connectivity index is 2.18. The average Bonchev–Trinajstić information content (AvgIpc) is 2.47. The van der Waals surface area contributed by atoms with Crippen LogP contribution in [0.3, 0.4) is 0 Å². The van der Waals surface area contributed by atoms with Crippen molar-refractivity contribution >= 4 is 5.97 Å². The highest BCUT2D eigenvalue weighted by molar-refractivity contribution is 5.88. The van der Waals surface area contributed by atoms with Crippen molar-refractivity contribution < 1.29 is 19.3 Å². The van der Waals surface area contributed by atoms with Crippen molar-refractivity contribution in [2.75, 3.05) is 19.8 Å². The molecule has 0 radical (unpaired) electrons. The molecule has 4 nitrogen and oxygen atoms in total. The summed E-state index contributed by atoms with van der Waals surface area (Å²) in [4.78, 5) is 21.2. The van der Waals surface area contributed by atoms with Gasteiger partial charge in [-0.3, -0.25) is 4.89 Å². The van der Waals surface area contributed by atoms with E-state index < -0.39 is 5.97 Å². The first-order valence-corrected chi connectivity index (χ1v) is 7.28. The first kappa shape index (κ1) is 16.7. The van der Waals surface area contributed by atoms with E-state index in [0.717, 1.165) is 25.7 Å². The number of aryl methyl sites for hydroxylation is 1. The Kier molecular flexibility index (Phi) is 8.67. The smallest absolute Gasteiger partial charge is 0.373 e. The highest BCUT2D eigenvalue weighted by Gasteiger charge is 2.07. The van der Waals surface area contributed by atoms with Gasteiger partial charge in [-0.25, -0.2) is 4.79 Å². The van der Waals surface area contributed by atoms with Crippen LogP contribution in [0.1, 0.15) is 49.0 Å². The summed E-state index contributed by atoms with van der Waals surface area (Å²) in [6.07, 6.45) is 4.24. The summed E-state index contributed by atoms with van der Waals surface area (Å²) in [6.45, 7) is 5.63. The van der Waals surface area contributed by atoms with Crippen molar-refractivity contribution in [2.45, 2.75) is 39.5 Å². The van der Waals surface area contributed by atoms with E-state index in [-0.39, 0.29) is 6.61 Å². The fourth-order valence-electron chi connectivity index (χ4n) is 1.68. The topological polar surface area (TPSA) is 44.8 Å². The van der Waals surface area contributed by atoms with Crippen molar-refractivity contribution in [2.24, 2.45) is 0 Å². The molecule has 0 aliphatic rings. The average molecular weight is 280 g/mol. The number of benzene rings is 1. The first-order valence-electron chi connectivity index (χ1n) is 7.28. The van der Waals surface area contributed by atoms with Crippen molar-refractivity contribution in [3.63, 3.8) is 0 Å². The molecular formula is C16H24O4. The van der Waals surface area contributed by atoms with Gasteiger partial charge in [0.2, 0.25) is 0 Å². The maximum absolute atomic E-state index is 11.7. The predicted molar refractivity (Wildman–Crippen MR) is 77.5 cm³/mol. The second-order valence-electron chi connectivity index (χ2n) is 4.61. The quantitative estimate of drug-likeness (QED) is 0.373. The van der Waals surface area contributed by atoms with Gasteiger partial charge in [-0.05, 0) is 30.5 Å². The summed E-state index contributed by atoms with van der Waals surface area (Å²) in [6, 6.07) is 7.39. The summed E-state index contributed by atoms with van der Waals surface area (Å²) in [7, 11) is 0.